The van der Waals surface area contributed by atoms with Gasteiger partial charge in [-0.2, -0.15) is 0 Å². The summed E-state index contributed by atoms with van der Waals surface area (Å²) in [6, 6.07) is 9.99. The summed E-state index contributed by atoms with van der Waals surface area (Å²) in [5.74, 6) is 1.12. The van der Waals surface area contributed by atoms with E-state index in [0.717, 1.165) is 28.7 Å². The first kappa shape index (κ1) is 17.0. The fourth-order valence-corrected chi connectivity index (χ4v) is 3.88. The second-order valence-corrected chi connectivity index (χ2v) is 7.49. The van der Waals surface area contributed by atoms with Gasteiger partial charge in [0, 0.05) is 12.0 Å². The average molecular weight is 344 g/mol. The number of aromatic nitrogens is 2. The van der Waals surface area contributed by atoms with Gasteiger partial charge < -0.3 is 10.6 Å². The highest BCUT2D eigenvalue weighted by molar-refractivity contribution is 7.14. The minimum Gasteiger partial charge on any atom is -0.350 e. The van der Waals surface area contributed by atoms with Crippen LogP contribution in [0.1, 0.15) is 31.2 Å². The van der Waals surface area contributed by atoms with Crippen molar-refractivity contribution in [3.63, 3.8) is 0 Å². The molecule has 0 bridgehead atoms. The summed E-state index contributed by atoms with van der Waals surface area (Å²) < 4.78 is 0. The maximum Gasteiger partial charge on any atom is 0.220 e. The van der Waals surface area contributed by atoms with E-state index in [1.165, 1.54) is 24.2 Å². The molecule has 128 valence electrons. The number of nitrogens with one attached hydrogen (secondary N) is 2. The van der Waals surface area contributed by atoms with Crippen LogP contribution < -0.4 is 10.6 Å². The zero-order valence-corrected chi connectivity index (χ0v) is 14.8. The molecule has 1 aromatic carbocycles. The molecule has 1 fully saturated rings. The monoisotopic (exact) mass is 344 g/mol. The van der Waals surface area contributed by atoms with E-state index >= 15 is 0 Å². The van der Waals surface area contributed by atoms with Gasteiger partial charge in [0.25, 0.3) is 0 Å². The molecule has 0 spiro atoms. The summed E-state index contributed by atoms with van der Waals surface area (Å²) in [5, 5.41) is 16.5. The lowest BCUT2D eigenvalue weighted by molar-refractivity contribution is -0.122. The lowest BCUT2D eigenvalue weighted by Crippen LogP contribution is -2.35. The summed E-state index contributed by atoms with van der Waals surface area (Å²) in [6.45, 7) is 4.77. The first-order chi connectivity index (χ1) is 11.7. The number of nitrogens with zero attached hydrogens (tertiary/aromatic N) is 2. The predicted molar refractivity (Wildman–Crippen MR) is 96.6 cm³/mol. The van der Waals surface area contributed by atoms with Crippen LogP contribution in [0.25, 0.3) is 10.6 Å². The van der Waals surface area contributed by atoms with Gasteiger partial charge in [0.1, 0.15) is 10.0 Å². The second kappa shape index (κ2) is 8.35. The maximum atomic E-state index is 12.2. The first-order valence-electron chi connectivity index (χ1n) is 8.57. The van der Waals surface area contributed by atoms with Gasteiger partial charge in [-0.3, -0.25) is 4.79 Å². The van der Waals surface area contributed by atoms with Gasteiger partial charge in [-0.25, -0.2) is 0 Å². The Morgan fingerprint density at radius 2 is 2.21 bits per heavy atom. The number of carbonyl (C=O) groups is 1. The molecule has 5 nitrogen and oxygen atoms in total. The smallest absolute Gasteiger partial charge is 0.220 e. The summed E-state index contributed by atoms with van der Waals surface area (Å²) in [7, 11) is 0. The molecule has 6 heteroatoms. The second-order valence-electron chi connectivity index (χ2n) is 6.43. The molecular formula is C18H24N4OS. The molecular weight excluding hydrogens is 320 g/mol. The highest BCUT2D eigenvalue weighted by Crippen LogP contribution is 2.24. The van der Waals surface area contributed by atoms with Crippen LogP contribution in [0, 0.1) is 11.8 Å². The fraction of sp³-hybridized carbons (Fsp3) is 0.500. The fourth-order valence-electron chi connectivity index (χ4n) is 3.09. The van der Waals surface area contributed by atoms with Gasteiger partial charge in [-0.1, -0.05) is 48.6 Å². The van der Waals surface area contributed by atoms with E-state index in [9.17, 15) is 4.79 Å². The van der Waals surface area contributed by atoms with Crippen molar-refractivity contribution in [2.45, 2.75) is 32.7 Å². The van der Waals surface area contributed by atoms with E-state index < -0.39 is 0 Å². The van der Waals surface area contributed by atoms with Crippen LogP contribution in [0.3, 0.4) is 0 Å². The Kier molecular flexibility index (Phi) is 5.93. The van der Waals surface area contributed by atoms with E-state index in [0.29, 0.717) is 24.8 Å². The standard InChI is InChI=1S/C18H24N4OS/c1-13(15-8-5-9-19-11-15)10-16(23)20-12-17-21-22-18(24-17)14-6-3-2-4-7-14/h2-4,6-7,13,15,19H,5,8-12H2,1H3,(H,20,23). The van der Waals surface area contributed by atoms with Crippen molar-refractivity contribution in [1.29, 1.82) is 0 Å². The van der Waals surface area contributed by atoms with Gasteiger partial charge in [0.15, 0.2) is 0 Å². The Morgan fingerprint density at radius 3 is 2.96 bits per heavy atom. The van der Waals surface area contributed by atoms with Crippen LogP contribution in [0.2, 0.25) is 0 Å². The van der Waals surface area contributed by atoms with Gasteiger partial charge >= 0.3 is 0 Å². The molecule has 2 N–H and O–H groups in total. The van der Waals surface area contributed by atoms with E-state index in [2.05, 4.69) is 27.8 Å². The van der Waals surface area contributed by atoms with Crippen molar-refractivity contribution in [2.24, 2.45) is 11.8 Å². The summed E-state index contributed by atoms with van der Waals surface area (Å²) in [4.78, 5) is 12.2. The zero-order valence-electron chi connectivity index (χ0n) is 14.0. The topological polar surface area (TPSA) is 66.9 Å². The molecule has 1 aliphatic rings. The van der Waals surface area contributed by atoms with Gasteiger partial charge in [0.2, 0.25) is 5.91 Å². The lowest BCUT2D eigenvalue weighted by Gasteiger charge is -2.27. The van der Waals surface area contributed by atoms with Crippen molar-refractivity contribution in [2.75, 3.05) is 13.1 Å². The summed E-state index contributed by atoms with van der Waals surface area (Å²) in [5.41, 5.74) is 1.06. The number of benzene rings is 1. The molecule has 1 aromatic heterocycles. The van der Waals surface area contributed by atoms with Gasteiger partial charge in [-0.05, 0) is 37.8 Å². The van der Waals surface area contributed by atoms with Crippen molar-refractivity contribution < 1.29 is 4.79 Å². The number of hydrogen-bond donors (Lipinski definition) is 2. The van der Waals surface area contributed by atoms with Crippen LogP contribution in [-0.4, -0.2) is 29.2 Å². The van der Waals surface area contributed by atoms with Crippen LogP contribution >= 0.6 is 11.3 Å². The quantitative estimate of drug-likeness (QED) is 0.846. The van der Waals surface area contributed by atoms with E-state index in [1.54, 1.807) is 0 Å². The molecule has 2 unspecified atom stereocenters. The van der Waals surface area contributed by atoms with E-state index in [-0.39, 0.29) is 5.91 Å². The van der Waals surface area contributed by atoms with E-state index in [4.69, 9.17) is 0 Å². The Labute approximate surface area is 146 Å². The number of carbonyl (C=O) groups excluding carboxylic acids is 1. The van der Waals surface area contributed by atoms with Crippen LogP contribution in [0.5, 0.6) is 0 Å². The third kappa shape index (κ3) is 4.61. The van der Waals surface area contributed by atoms with E-state index in [1.807, 2.05) is 30.3 Å². The zero-order chi connectivity index (χ0) is 16.8. The number of amides is 1. The minimum atomic E-state index is 0.101. The lowest BCUT2D eigenvalue weighted by atomic mass is 9.85. The molecule has 2 heterocycles. The molecule has 0 saturated carbocycles. The first-order valence-corrected chi connectivity index (χ1v) is 9.39. The molecule has 3 rings (SSSR count). The number of hydrogen-bond acceptors (Lipinski definition) is 5. The Morgan fingerprint density at radius 1 is 1.38 bits per heavy atom. The van der Waals surface area contributed by atoms with Crippen molar-refractivity contribution >= 4 is 17.2 Å². The van der Waals surface area contributed by atoms with Crippen LogP contribution in [0.4, 0.5) is 0 Å². The Balaban J connectivity index is 1.47. The SMILES string of the molecule is CC(CC(=O)NCc1nnc(-c2ccccc2)s1)C1CCCNC1. The molecule has 1 aliphatic heterocycles. The largest absolute Gasteiger partial charge is 0.350 e. The van der Waals surface area contributed by atoms with Crippen LogP contribution in [-0.2, 0) is 11.3 Å². The Hall–Kier alpha value is -1.79. The number of piperidine rings is 1. The molecule has 24 heavy (non-hydrogen) atoms. The maximum absolute atomic E-state index is 12.2. The summed E-state index contributed by atoms with van der Waals surface area (Å²) >= 11 is 1.53. The molecule has 2 atom stereocenters. The average Bonchev–Trinajstić information content (AvgIpc) is 3.10. The third-order valence-electron chi connectivity index (χ3n) is 4.57. The third-order valence-corrected chi connectivity index (χ3v) is 5.54. The van der Waals surface area contributed by atoms with Gasteiger partial charge in [-0.15, -0.1) is 10.2 Å². The van der Waals surface area contributed by atoms with Gasteiger partial charge in [0.05, 0.1) is 6.54 Å². The van der Waals surface area contributed by atoms with Crippen molar-refractivity contribution in [3.05, 3.63) is 35.3 Å². The highest BCUT2D eigenvalue weighted by atomic mass is 32.1. The molecule has 2 aromatic rings. The van der Waals surface area contributed by atoms with Crippen LogP contribution in [0.15, 0.2) is 30.3 Å². The molecule has 1 amide bonds. The highest BCUT2D eigenvalue weighted by Gasteiger charge is 2.22. The molecule has 0 radical (unpaired) electrons. The minimum absolute atomic E-state index is 0.101. The Bertz CT molecular complexity index is 652. The number of rotatable bonds is 6. The molecule has 0 aliphatic carbocycles. The van der Waals surface area contributed by atoms with Crippen molar-refractivity contribution in [1.82, 2.24) is 20.8 Å². The van der Waals surface area contributed by atoms with Crippen molar-refractivity contribution in [3.8, 4) is 10.6 Å². The summed E-state index contributed by atoms with van der Waals surface area (Å²) in [6.07, 6.45) is 3.01. The molecule has 1 saturated heterocycles. The normalized spacial score (nSPS) is 19.0. The predicted octanol–water partition coefficient (Wildman–Crippen LogP) is 2.85.